The second-order valence-corrected chi connectivity index (χ2v) is 7.94. The number of hydrogen-bond donors (Lipinski definition) is 1. The van der Waals surface area contributed by atoms with E-state index in [0.717, 1.165) is 28.9 Å². The van der Waals surface area contributed by atoms with Crippen LogP contribution in [0.1, 0.15) is 28.5 Å². The number of para-hydroxylation sites is 1. The van der Waals surface area contributed by atoms with Gasteiger partial charge in [-0.3, -0.25) is 4.79 Å². The molecule has 0 spiro atoms. The maximum absolute atomic E-state index is 12.9. The zero-order valence-electron chi connectivity index (χ0n) is 14.1. The van der Waals surface area contributed by atoms with Crippen molar-refractivity contribution >= 4 is 34.3 Å². The molecule has 4 rings (SSSR count). The van der Waals surface area contributed by atoms with E-state index in [4.69, 9.17) is 0 Å². The number of aryl methyl sites for hydroxylation is 1. The first-order valence-electron chi connectivity index (χ1n) is 8.21. The standard InChI is InChI=1S/C20H20N2OS/c1-12-6-4-8-16(14(12)3)21-20(23)17-10-15-7-5-9-18-19(15)22(17)11-13(2)24-18/h4-10,13H,11H2,1-3H3,(H,21,23)/t13-/m0/s1. The molecule has 1 N–H and O–H groups in total. The Kier molecular flexibility index (Phi) is 3.65. The monoisotopic (exact) mass is 336 g/mol. The van der Waals surface area contributed by atoms with Crippen molar-refractivity contribution in [1.82, 2.24) is 4.57 Å². The average molecular weight is 336 g/mol. The maximum Gasteiger partial charge on any atom is 0.272 e. The Balaban J connectivity index is 1.77. The van der Waals surface area contributed by atoms with Crippen molar-refractivity contribution in [3.05, 3.63) is 59.3 Å². The summed E-state index contributed by atoms with van der Waals surface area (Å²) in [7, 11) is 0. The summed E-state index contributed by atoms with van der Waals surface area (Å²) in [5, 5.41) is 4.69. The van der Waals surface area contributed by atoms with Gasteiger partial charge in [0.1, 0.15) is 5.69 Å². The molecule has 0 radical (unpaired) electrons. The number of rotatable bonds is 2. The van der Waals surface area contributed by atoms with Crippen LogP contribution in [0.2, 0.25) is 0 Å². The van der Waals surface area contributed by atoms with E-state index in [0.29, 0.717) is 5.25 Å². The van der Waals surface area contributed by atoms with Gasteiger partial charge in [0.05, 0.1) is 5.52 Å². The van der Waals surface area contributed by atoms with E-state index >= 15 is 0 Å². The summed E-state index contributed by atoms with van der Waals surface area (Å²) in [4.78, 5) is 14.2. The number of amides is 1. The predicted octanol–water partition coefficient (Wildman–Crippen LogP) is 5.00. The second kappa shape index (κ2) is 5.71. The fourth-order valence-electron chi connectivity index (χ4n) is 3.35. The molecule has 1 aliphatic rings. The number of anilines is 1. The lowest BCUT2D eigenvalue weighted by Gasteiger charge is -2.22. The molecule has 0 saturated carbocycles. The third-order valence-corrected chi connectivity index (χ3v) is 5.87. The fraction of sp³-hybridized carbons (Fsp3) is 0.250. The number of carbonyl (C=O) groups excluding carboxylic acids is 1. The summed E-state index contributed by atoms with van der Waals surface area (Å²) in [5.74, 6) is -0.0371. The first-order valence-corrected chi connectivity index (χ1v) is 9.09. The molecule has 1 amide bonds. The largest absolute Gasteiger partial charge is 0.334 e. The van der Waals surface area contributed by atoms with Gasteiger partial charge in [0.15, 0.2) is 0 Å². The second-order valence-electron chi connectivity index (χ2n) is 6.46. The van der Waals surface area contributed by atoms with Crippen LogP contribution in [0.15, 0.2) is 47.4 Å². The first kappa shape index (κ1) is 15.3. The number of thioether (sulfide) groups is 1. The van der Waals surface area contributed by atoms with Crippen LogP contribution in [0.5, 0.6) is 0 Å². The molecule has 0 fully saturated rings. The summed E-state index contributed by atoms with van der Waals surface area (Å²) in [6, 6.07) is 14.3. The summed E-state index contributed by atoms with van der Waals surface area (Å²) in [5.41, 5.74) is 5.11. The zero-order valence-corrected chi connectivity index (χ0v) is 14.9. The Morgan fingerprint density at radius 3 is 2.83 bits per heavy atom. The van der Waals surface area contributed by atoms with Crippen LogP contribution in [0.25, 0.3) is 10.9 Å². The molecule has 1 atom stereocenters. The van der Waals surface area contributed by atoms with Crippen LogP contribution in [-0.4, -0.2) is 15.7 Å². The van der Waals surface area contributed by atoms with Crippen LogP contribution < -0.4 is 5.32 Å². The minimum atomic E-state index is -0.0371. The van der Waals surface area contributed by atoms with E-state index in [2.05, 4.69) is 48.0 Å². The van der Waals surface area contributed by atoms with Gasteiger partial charge < -0.3 is 9.88 Å². The van der Waals surface area contributed by atoms with Crippen LogP contribution in [0.3, 0.4) is 0 Å². The maximum atomic E-state index is 12.9. The molecule has 24 heavy (non-hydrogen) atoms. The Morgan fingerprint density at radius 2 is 2.00 bits per heavy atom. The minimum Gasteiger partial charge on any atom is -0.334 e. The van der Waals surface area contributed by atoms with Gasteiger partial charge in [-0.2, -0.15) is 0 Å². The van der Waals surface area contributed by atoms with E-state index in [1.54, 1.807) is 0 Å². The lowest BCUT2D eigenvalue weighted by atomic mass is 10.1. The summed E-state index contributed by atoms with van der Waals surface area (Å²) < 4.78 is 2.17. The molecular weight excluding hydrogens is 316 g/mol. The molecular formula is C20H20N2OS. The van der Waals surface area contributed by atoms with Crippen molar-refractivity contribution in [1.29, 1.82) is 0 Å². The molecule has 0 unspecified atom stereocenters. The van der Waals surface area contributed by atoms with E-state index in [9.17, 15) is 4.79 Å². The van der Waals surface area contributed by atoms with Crippen molar-refractivity contribution in [2.45, 2.75) is 37.5 Å². The van der Waals surface area contributed by atoms with Gasteiger partial charge in [0.25, 0.3) is 5.91 Å². The molecule has 122 valence electrons. The molecule has 0 bridgehead atoms. The molecule has 3 nitrogen and oxygen atoms in total. The number of benzene rings is 2. The van der Waals surface area contributed by atoms with Crippen molar-refractivity contribution < 1.29 is 4.79 Å². The summed E-state index contributed by atoms with van der Waals surface area (Å²) in [6.07, 6.45) is 0. The number of nitrogens with zero attached hydrogens (tertiary/aromatic N) is 1. The Morgan fingerprint density at radius 1 is 1.21 bits per heavy atom. The highest BCUT2D eigenvalue weighted by molar-refractivity contribution is 8.00. The van der Waals surface area contributed by atoms with E-state index in [1.807, 2.05) is 36.9 Å². The molecule has 4 heteroatoms. The molecule has 0 aliphatic carbocycles. The lowest BCUT2D eigenvalue weighted by Crippen LogP contribution is -2.22. The predicted molar refractivity (Wildman–Crippen MR) is 101 cm³/mol. The van der Waals surface area contributed by atoms with Gasteiger partial charge in [-0.1, -0.05) is 31.2 Å². The number of carbonyl (C=O) groups is 1. The van der Waals surface area contributed by atoms with E-state index in [1.165, 1.54) is 16.0 Å². The molecule has 1 aromatic heterocycles. The van der Waals surface area contributed by atoms with Crippen molar-refractivity contribution in [3.8, 4) is 0 Å². The topological polar surface area (TPSA) is 34.0 Å². The smallest absolute Gasteiger partial charge is 0.272 e. The number of nitrogens with one attached hydrogen (secondary N) is 1. The van der Waals surface area contributed by atoms with Crippen LogP contribution >= 0.6 is 11.8 Å². The van der Waals surface area contributed by atoms with Gasteiger partial charge in [-0.25, -0.2) is 0 Å². The molecule has 3 aromatic rings. The van der Waals surface area contributed by atoms with Crippen LogP contribution in [-0.2, 0) is 6.54 Å². The Hall–Kier alpha value is -2.20. The first-order chi connectivity index (χ1) is 11.5. The van der Waals surface area contributed by atoms with Gasteiger partial charge in [-0.15, -0.1) is 11.8 Å². The van der Waals surface area contributed by atoms with Gasteiger partial charge >= 0.3 is 0 Å². The highest BCUT2D eigenvalue weighted by atomic mass is 32.2. The van der Waals surface area contributed by atoms with E-state index < -0.39 is 0 Å². The molecule has 0 saturated heterocycles. The van der Waals surface area contributed by atoms with Crippen molar-refractivity contribution in [3.63, 3.8) is 0 Å². The fourth-order valence-corrected chi connectivity index (χ4v) is 4.50. The quantitative estimate of drug-likeness (QED) is 0.714. The van der Waals surface area contributed by atoms with Crippen molar-refractivity contribution in [2.24, 2.45) is 0 Å². The summed E-state index contributed by atoms with van der Waals surface area (Å²) in [6.45, 7) is 7.17. The normalized spacial score (nSPS) is 16.4. The van der Waals surface area contributed by atoms with Gasteiger partial charge in [0, 0.05) is 27.8 Å². The SMILES string of the molecule is Cc1cccc(NC(=O)c2cc3cccc4c3n2C[C@H](C)S4)c1C. The van der Waals surface area contributed by atoms with Crippen molar-refractivity contribution in [2.75, 3.05) is 5.32 Å². The van der Waals surface area contributed by atoms with E-state index in [-0.39, 0.29) is 5.91 Å². The Labute approximate surface area is 146 Å². The molecule has 2 aromatic carbocycles. The third-order valence-electron chi connectivity index (χ3n) is 4.74. The van der Waals surface area contributed by atoms with Crippen LogP contribution in [0.4, 0.5) is 5.69 Å². The van der Waals surface area contributed by atoms with Gasteiger partial charge in [-0.05, 0) is 43.2 Å². The highest BCUT2D eigenvalue weighted by Gasteiger charge is 2.24. The zero-order chi connectivity index (χ0) is 16.8. The van der Waals surface area contributed by atoms with Gasteiger partial charge in [0.2, 0.25) is 0 Å². The highest BCUT2D eigenvalue weighted by Crippen LogP contribution is 2.38. The number of hydrogen-bond acceptors (Lipinski definition) is 2. The molecule has 1 aliphatic heterocycles. The lowest BCUT2D eigenvalue weighted by molar-refractivity contribution is 0.101. The number of aromatic nitrogens is 1. The Bertz CT molecular complexity index is 958. The van der Waals surface area contributed by atoms with Crippen LogP contribution in [0, 0.1) is 13.8 Å². The third kappa shape index (κ3) is 2.42. The summed E-state index contributed by atoms with van der Waals surface area (Å²) >= 11 is 1.89. The minimum absolute atomic E-state index is 0.0371. The average Bonchev–Trinajstić information content (AvgIpc) is 2.92. The molecule has 2 heterocycles.